The molecule has 0 saturated carbocycles. The molecule has 0 aromatic carbocycles. The topological polar surface area (TPSA) is 111 Å². The van der Waals surface area contributed by atoms with Crippen molar-refractivity contribution in [2.24, 2.45) is 29.6 Å². The lowest BCUT2D eigenvalue weighted by Crippen LogP contribution is -3.11. The molecular weight excluding hydrogens is 398 g/mol. The van der Waals surface area contributed by atoms with E-state index in [1.807, 2.05) is 14.0 Å². The number of carbonyl (C=O) groups excluding carboxylic acids is 1. The largest absolute Gasteiger partial charge is 0.550 e. The lowest BCUT2D eigenvalue weighted by atomic mass is 9.70. The zero-order chi connectivity index (χ0) is 23.3. The average Bonchev–Trinajstić information content (AvgIpc) is 3.03. The predicted octanol–water partition coefficient (Wildman–Crippen LogP) is 0.739. The summed E-state index contributed by atoms with van der Waals surface area (Å²) in [6.07, 6.45) is 3.70. The lowest BCUT2D eigenvalue weighted by molar-refractivity contribution is -0.889. The zero-order valence-electron chi connectivity index (χ0n) is 19.9. The molecule has 31 heavy (non-hydrogen) atoms. The Morgan fingerprint density at radius 1 is 1.26 bits per heavy atom. The van der Waals surface area contributed by atoms with Gasteiger partial charge in [0.25, 0.3) is 0 Å². The Morgan fingerprint density at radius 2 is 1.94 bits per heavy atom. The fourth-order valence-corrected chi connectivity index (χ4v) is 6.33. The molecule has 0 aromatic rings. The summed E-state index contributed by atoms with van der Waals surface area (Å²) in [7, 11) is 2.04. The van der Waals surface area contributed by atoms with Crippen molar-refractivity contribution < 1.29 is 34.5 Å². The summed E-state index contributed by atoms with van der Waals surface area (Å²) in [6, 6.07) is 0. The molecule has 2 fully saturated rings. The van der Waals surface area contributed by atoms with Crippen LogP contribution in [0.25, 0.3) is 0 Å². The second-order valence-corrected chi connectivity index (χ2v) is 10.3. The number of aliphatic hydroxyl groups is 1. The maximum atomic E-state index is 11.9. The van der Waals surface area contributed by atoms with Crippen LogP contribution in [0.1, 0.15) is 72.6 Å². The van der Waals surface area contributed by atoms with Crippen molar-refractivity contribution in [2.75, 3.05) is 20.1 Å². The Kier molecular flexibility index (Phi) is 9.34. The van der Waals surface area contributed by atoms with Crippen molar-refractivity contribution in [3.8, 4) is 0 Å². The van der Waals surface area contributed by atoms with Gasteiger partial charge in [-0.2, -0.15) is 0 Å². The van der Waals surface area contributed by atoms with Crippen molar-refractivity contribution in [3.63, 3.8) is 0 Å². The van der Waals surface area contributed by atoms with E-state index in [0.717, 1.165) is 32.2 Å². The Bertz CT molecular complexity index is 613. The first-order valence-electron chi connectivity index (χ1n) is 12.1. The van der Waals surface area contributed by atoms with Crippen molar-refractivity contribution >= 4 is 11.9 Å². The van der Waals surface area contributed by atoms with Gasteiger partial charge in [-0.15, -0.1) is 0 Å². The number of rotatable bonds is 11. The third-order valence-corrected chi connectivity index (χ3v) is 7.99. The molecule has 2 aliphatic rings. The molecule has 0 spiro atoms. The van der Waals surface area contributed by atoms with Gasteiger partial charge in [0, 0.05) is 6.42 Å². The highest BCUT2D eigenvalue weighted by atomic mass is 16.5. The fourth-order valence-electron chi connectivity index (χ4n) is 6.33. The second kappa shape index (κ2) is 11.1. The summed E-state index contributed by atoms with van der Waals surface area (Å²) in [5, 5.41) is 31.4. The summed E-state index contributed by atoms with van der Waals surface area (Å²) in [6.45, 7) is 9.90. The van der Waals surface area contributed by atoms with Crippen LogP contribution in [0.2, 0.25) is 0 Å². The smallest absolute Gasteiger partial charge is 0.305 e. The van der Waals surface area contributed by atoms with Gasteiger partial charge in [-0.25, -0.2) is 0 Å². The monoisotopic (exact) mass is 441 g/mol. The van der Waals surface area contributed by atoms with E-state index in [-0.39, 0.29) is 30.3 Å². The molecule has 0 amide bonds. The van der Waals surface area contributed by atoms with Crippen LogP contribution >= 0.6 is 0 Å². The number of quaternary nitrogens is 1. The molecule has 0 aliphatic carbocycles. The first kappa shape index (κ1) is 26.1. The standard InChI is InChI=1S/C24H43NO6/c1-6-15(20(26)11-21(27)28)12-24(4)13-16(7-2)22(31-24)17(8-3)18-9-10-25(5)14-19(18)23(29)30/h15-20,22,26H,6-14H2,1-5H3,(H,27,28)(H,29,30). The van der Waals surface area contributed by atoms with Crippen molar-refractivity contribution in [1.29, 1.82) is 0 Å². The Balaban J connectivity index is 2.19. The van der Waals surface area contributed by atoms with E-state index < -0.39 is 29.6 Å². The van der Waals surface area contributed by atoms with E-state index in [0.29, 0.717) is 25.3 Å². The molecule has 0 radical (unpaired) electrons. The van der Waals surface area contributed by atoms with E-state index in [2.05, 4.69) is 20.8 Å². The number of carbonyl (C=O) groups is 2. The minimum atomic E-state index is -0.989. The molecular formula is C24H43NO6. The molecule has 2 aliphatic heterocycles. The molecule has 180 valence electrons. The lowest BCUT2D eigenvalue weighted by Gasteiger charge is -2.42. The number of carboxylic acids is 2. The number of hydrogen-bond acceptors (Lipinski definition) is 5. The van der Waals surface area contributed by atoms with Crippen molar-refractivity contribution in [2.45, 2.75) is 90.4 Å². The predicted molar refractivity (Wildman–Crippen MR) is 115 cm³/mol. The normalized spacial score (nSPS) is 36.6. The van der Waals surface area contributed by atoms with Crippen LogP contribution < -0.4 is 10.0 Å². The van der Waals surface area contributed by atoms with Crippen LogP contribution in [0.5, 0.6) is 0 Å². The highest BCUT2D eigenvalue weighted by Crippen LogP contribution is 2.47. The van der Waals surface area contributed by atoms with Gasteiger partial charge < -0.3 is 29.8 Å². The van der Waals surface area contributed by atoms with E-state index in [9.17, 15) is 19.8 Å². The van der Waals surface area contributed by atoms with E-state index in [4.69, 9.17) is 9.84 Å². The molecule has 9 unspecified atom stereocenters. The highest BCUT2D eigenvalue weighted by molar-refractivity contribution is 5.68. The summed E-state index contributed by atoms with van der Waals surface area (Å²) in [5.41, 5.74) is -0.438. The number of carboxylic acid groups (broad SMARTS) is 2. The third kappa shape index (κ3) is 6.42. The number of hydrogen-bond donors (Lipinski definition) is 3. The van der Waals surface area contributed by atoms with Gasteiger partial charge in [0.1, 0.15) is 0 Å². The minimum Gasteiger partial charge on any atom is -0.550 e. The van der Waals surface area contributed by atoms with Crippen LogP contribution in [0.15, 0.2) is 0 Å². The molecule has 2 saturated heterocycles. The second-order valence-electron chi connectivity index (χ2n) is 10.3. The van der Waals surface area contributed by atoms with Crippen LogP contribution in [0.3, 0.4) is 0 Å². The van der Waals surface area contributed by atoms with Crippen LogP contribution in [-0.4, -0.2) is 60.1 Å². The summed E-state index contributed by atoms with van der Waals surface area (Å²) >= 11 is 0. The zero-order valence-corrected chi connectivity index (χ0v) is 19.9. The first-order chi connectivity index (χ1) is 14.5. The van der Waals surface area contributed by atoms with Gasteiger partial charge >= 0.3 is 5.97 Å². The van der Waals surface area contributed by atoms with Crippen LogP contribution in [0, 0.1) is 29.6 Å². The average molecular weight is 442 g/mol. The number of aliphatic hydroxyl groups excluding tert-OH is 1. The van der Waals surface area contributed by atoms with E-state index >= 15 is 0 Å². The number of piperidine rings is 1. The maximum Gasteiger partial charge on any atom is 0.305 e. The fraction of sp³-hybridized carbons (Fsp3) is 0.917. The summed E-state index contributed by atoms with van der Waals surface area (Å²) < 4.78 is 6.72. The number of nitrogens with one attached hydrogen (secondary N) is 1. The van der Waals surface area contributed by atoms with E-state index in [1.165, 1.54) is 4.90 Å². The van der Waals surface area contributed by atoms with E-state index in [1.54, 1.807) is 0 Å². The molecule has 7 heteroatoms. The first-order valence-corrected chi connectivity index (χ1v) is 12.1. The van der Waals surface area contributed by atoms with Crippen molar-refractivity contribution in [1.82, 2.24) is 0 Å². The molecule has 0 aromatic heterocycles. The van der Waals surface area contributed by atoms with Crippen LogP contribution in [-0.2, 0) is 14.3 Å². The molecule has 3 N–H and O–H groups in total. The molecule has 0 bridgehead atoms. The highest BCUT2D eigenvalue weighted by Gasteiger charge is 2.50. The van der Waals surface area contributed by atoms with Gasteiger partial charge in [0.2, 0.25) is 0 Å². The quantitative estimate of drug-likeness (QED) is 0.436. The summed E-state index contributed by atoms with van der Waals surface area (Å²) in [4.78, 5) is 24.2. The third-order valence-electron chi connectivity index (χ3n) is 7.99. The molecule has 2 heterocycles. The maximum absolute atomic E-state index is 11.9. The number of ether oxygens (including phenoxy) is 1. The van der Waals surface area contributed by atoms with Crippen LogP contribution in [0.4, 0.5) is 0 Å². The number of likely N-dealkylation sites (tertiary alicyclic amines) is 1. The van der Waals surface area contributed by atoms with Crippen molar-refractivity contribution in [3.05, 3.63) is 0 Å². The Hall–Kier alpha value is -1.18. The Morgan fingerprint density at radius 3 is 2.45 bits per heavy atom. The molecule has 9 atom stereocenters. The SMILES string of the molecule is CCC(CC1(C)CC(CC)C(C(CC)C2CC[NH+](C)CC2C(=O)[O-])O1)C(O)CC(=O)O. The Labute approximate surface area is 187 Å². The molecule has 7 nitrogen and oxygen atoms in total. The van der Waals surface area contributed by atoms with Gasteiger partial charge in [-0.05, 0) is 43.4 Å². The van der Waals surface area contributed by atoms with Gasteiger partial charge in [0.15, 0.2) is 0 Å². The summed E-state index contributed by atoms with van der Waals surface area (Å²) in [5.74, 6) is -1.98. The molecule has 2 rings (SSSR count). The number of aliphatic carboxylic acids is 2. The van der Waals surface area contributed by atoms with Gasteiger partial charge in [-0.1, -0.05) is 40.0 Å². The van der Waals surface area contributed by atoms with Gasteiger partial charge in [-0.3, -0.25) is 4.79 Å². The minimum absolute atomic E-state index is 0.0145. The van der Waals surface area contributed by atoms with Gasteiger partial charge in [0.05, 0.1) is 56.3 Å².